The molecule has 1 aliphatic rings. The Balaban J connectivity index is 2.45. The fraction of sp³-hybridized carbons (Fsp3) is 0.385. The molecule has 1 heterocycles. The van der Waals surface area contributed by atoms with E-state index in [4.69, 9.17) is 11.6 Å². The summed E-state index contributed by atoms with van der Waals surface area (Å²) >= 11 is 9.44. The van der Waals surface area contributed by atoms with Crippen LogP contribution in [0.15, 0.2) is 22.7 Å². The Bertz CT molecular complexity index is 545. The third kappa shape index (κ3) is 2.77. The van der Waals surface area contributed by atoms with Crippen molar-refractivity contribution >= 4 is 45.0 Å². The largest absolute Gasteiger partial charge is 0.342 e. The zero-order chi connectivity index (χ0) is 14.2. The van der Waals surface area contributed by atoms with E-state index in [1.54, 1.807) is 36.9 Å². The van der Waals surface area contributed by atoms with Gasteiger partial charge in [-0.05, 0) is 41.9 Å². The number of rotatable bonds is 1. The van der Waals surface area contributed by atoms with Gasteiger partial charge in [0.15, 0.2) is 0 Å². The minimum absolute atomic E-state index is 0.126. The van der Waals surface area contributed by atoms with Crippen molar-refractivity contribution in [3.63, 3.8) is 0 Å². The van der Waals surface area contributed by atoms with E-state index < -0.39 is 5.54 Å². The van der Waals surface area contributed by atoms with E-state index in [0.29, 0.717) is 21.7 Å². The Kier molecular flexibility index (Phi) is 3.87. The molecule has 0 unspecified atom stereocenters. The topological polar surface area (TPSA) is 49.4 Å². The highest BCUT2D eigenvalue weighted by Gasteiger charge is 2.37. The first-order chi connectivity index (χ1) is 8.83. The normalized spacial score (nSPS) is 19.1. The van der Waals surface area contributed by atoms with E-state index in [9.17, 15) is 9.59 Å². The smallest absolute Gasteiger partial charge is 0.252 e. The van der Waals surface area contributed by atoms with Crippen LogP contribution in [-0.4, -0.2) is 23.9 Å². The van der Waals surface area contributed by atoms with Crippen molar-refractivity contribution in [3.8, 4) is 0 Å². The number of halogens is 2. The third-order valence-corrected chi connectivity index (χ3v) is 4.39. The van der Waals surface area contributed by atoms with Gasteiger partial charge in [-0.25, -0.2) is 0 Å². The maximum Gasteiger partial charge on any atom is 0.252 e. The van der Waals surface area contributed by atoms with Gasteiger partial charge >= 0.3 is 0 Å². The van der Waals surface area contributed by atoms with Crippen molar-refractivity contribution in [3.05, 3.63) is 27.7 Å². The van der Waals surface area contributed by atoms with Gasteiger partial charge in [0.05, 0.1) is 15.2 Å². The molecule has 0 radical (unpaired) electrons. The molecule has 1 aromatic carbocycles. The molecule has 0 saturated carbocycles. The second kappa shape index (κ2) is 5.13. The molecule has 1 saturated heterocycles. The molecular formula is C13H14BrClN2O2. The lowest BCUT2D eigenvalue weighted by Gasteiger charge is -2.29. The molecule has 1 aliphatic heterocycles. The number of benzene rings is 1. The standard InChI is InChI=1S/C13H14BrClN2O2/c1-13(2)12(19)17(7-6-10(18)16-13)9-5-3-4-8(15)11(9)14/h3-5H,6-7H2,1-2H3,(H,16,18). The summed E-state index contributed by atoms with van der Waals surface area (Å²) in [6.07, 6.45) is 0.272. The number of hydrogen-bond donors (Lipinski definition) is 1. The SMILES string of the molecule is CC1(C)NC(=O)CCN(c2cccc(Cl)c2Br)C1=O. The lowest BCUT2D eigenvalue weighted by Crippen LogP contribution is -2.53. The zero-order valence-electron chi connectivity index (χ0n) is 10.7. The summed E-state index contributed by atoms with van der Waals surface area (Å²) in [6.45, 7) is 3.74. The number of amides is 2. The number of hydrogen-bond acceptors (Lipinski definition) is 2. The Morgan fingerprint density at radius 2 is 2.05 bits per heavy atom. The fourth-order valence-electron chi connectivity index (χ4n) is 2.05. The highest BCUT2D eigenvalue weighted by atomic mass is 79.9. The van der Waals surface area contributed by atoms with Crippen LogP contribution in [0.5, 0.6) is 0 Å². The van der Waals surface area contributed by atoms with E-state index in [-0.39, 0.29) is 18.2 Å². The van der Waals surface area contributed by atoms with Gasteiger partial charge in [0.25, 0.3) is 5.91 Å². The first kappa shape index (κ1) is 14.3. The summed E-state index contributed by atoms with van der Waals surface area (Å²) in [6, 6.07) is 5.33. The summed E-state index contributed by atoms with van der Waals surface area (Å²) in [7, 11) is 0. The van der Waals surface area contributed by atoms with Crippen LogP contribution in [0, 0.1) is 0 Å². The summed E-state index contributed by atoms with van der Waals surface area (Å²) in [5.41, 5.74) is -0.239. The van der Waals surface area contributed by atoms with Crippen LogP contribution in [0.3, 0.4) is 0 Å². The first-order valence-corrected chi connectivity index (χ1v) is 7.07. The molecule has 0 aromatic heterocycles. The average molecular weight is 346 g/mol. The number of nitrogens with zero attached hydrogens (tertiary/aromatic N) is 1. The van der Waals surface area contributed by atoms with E-state index in [1.807, 2.05) is 0 Å². The molecule has 19 heavy (non-hydrogen) atoms. The van der Waals surface area contributed by atoms with E-state index >= 15 is 0 Å². The van der Waals surface area contributed by atoms with E-state index in [0.717, 1.165) is 0 Å². The predicted octanol–water partition coefficient (Wildman–Crippen LogP) is 2.73. The summed E-state index contributed by atoms with van der Waals surface area (Å²) in [4.78, 5) is 25.8. The quantitative estimate of drug-likeness (QED) is 0.851. The molecule has 1 aromatic rings. The maximum atomic E-state index is 12.5. The molecular weight excluding hydrogens is 332 g/mol. The van der Waals surface area contributed by atoms with Crippen molar-refractivity contribution in [2.45, 2.75) is 25.8 Å². The predicted molar refractivity (Wildman–Crippen MR) is 78.3 cm³/mol. The molecule has 6 heteroatoms. The monoisotopic (exact) mass is 344 g/mol. The second-order valence-electron chi connectivity index (χ2n) is 4.95. The maximum absolute atomic E-state index is 12.5. The van der Waals surface area contributed by atoms with Gasteiger partial charge < -0.3 is 10.2 Å². The number of carbonyl (C=O) groups is 2. The Morgan fingerprint density at radius 3 is 2.74 bits per heavy atom. The van der Waals surface area contributed by atoms with Crippen LogP contribution in [-0.2, 0) is 9.59 Å². The Morgan fingerprint density at radius 1 is 1.37 bits per heavy atom. The molecule has 2 amide bonds. The molecule has 1 N–H and O–H groups in total. The number of anilines is 1. The van der Waals surface area contributed by atoms with Gasteiger partial charge in [0.2, 0.25) is 5.91 Å². The molecule has 0 bridgehead atoms. The molecule has 0 atom stereocenters. The highest BCUT2D eigenvalue weighted by Crippen LogP contribution is 2.34. The molecule has 0 spiro atoms. The molecule has 4 nitrogen and oxygen atoms in total. The van der Waals surface area contributed by atoms with Crippen molar-refractivity contribution in [1.82, 2.24) is 5.32 Å². The Hall–Kier alpha value is -1.07. The highest BCUT2D eigenvalue weighted by molar-refractivity contribution is 9.10. The van der Waals surface area contributed by atoms with Gasteiger partial charge in [0.1, 0.15) is 5.54 Å². The summed E-state index contributed by atoms with van der Waals surface area (Å²) in [5.74, 6) is -0.277. The van der Waals surface area contributed by atoms with E-state index in [1.165, 1.54) is 0 Å². The zero-order valence-corrected chi connectivity index (χ0v) is 13.0. The van der Waals surface area contributed by atoms with Gasteiger partial charge in [-0.2, -0.15) is 0 Å². The van der Waals surface area contributed by atoms with E-state index in [2.05, 4.69) is 21.2 Å². The number of carbonyl (C=O) groups excluding carboxylic acids is 2. The average Bonchev–Trinajstić information content (AvgIpc) is 2.42. The van der Waals surface area contributed by atoms with Gasteiger partial charge in [0, 0.05) is 13.0 Å². The minimum atomic E-state index is -0.921. The van der Waals surface area contributed by atoms with Gasteiger partial charge in [-0.3, -0.25) is 9.59 Å². The van der Waals surface area contributed by atoms with Crippen LogP contribution >= 0.6 is 27.5 Å². The number of nitrogens with one attached hydrogen (secondary N) is 1. The van der Waals surface area contributed by atoms with Crippen molar-refractivity contribution in [2.75, 3.05) is 11.4 Å². The molecule has 102 valence electrons. The van der Waals surface area contributed by atoms with Gasteiger partial charge in [-0.15, -0.1) is 0 Å². The van der Waals surface area contributed by atoms with Crippen molar-refractivity contribution in [2.24, 2.45) is 0 Å². The lowest BCUT2D eigenvalue weighted by atomic mass is 10.0. The van der Waals surface area contributed by atoms with Crippen molar-refractivity contribution in [1.29, 1.82) is 0 Å². The molecule has 1 fully saturated rings. The summed E-state index contributed by atoms with van der Waals surface area (Å²) in [5, 5.41) is 3.26. The second-order valence-corrected chi connectivity index (χ2v) is 6.15. The first-order valence-electron chi connectivity index (χ1n) is 5.90. The summed E-state index contributed by atoms with van der Waals surface area (Å²) < 4.78 is 0.662. The van der Waals surface area contributed by atoms with Crippen LogP contribution in [0.25, 0.3) is 0 Å². The van der Waals surface area contributed by atoms with Crippen LogP contribution < -0.4 is 10.2 Å². The van der Waals surface area contributed by atoms with Gasteiger partial charge in [-0.1, -0.05) is 17.7 Å². The van der Waals surface area contributed by atoms with Crippen LogP contribution in [0.2, 0.25) is 5.02 Å². The van der Waals surface area contributed by atoms with Crippen LogP contribution in [0.1, 0.15) is 20.3 Å². The third-order valence-electron chi connectivity index (χ3n) is 3.02. The molecule has 0 aliphatic carbocycles. The lowest BCUT2D eigenvalue weighted by molar-refractivity contribution is -0.128. The van der Waals surface area contributed by atoms with Crippen molar-refractivity contribution < 1.29 is 9.59 Å². The minimum Gasteiger partial charge on any atom is -0.342 e. The Labute approximate surface area is 125 Å². The fourth-order valence-corrected chi connectivity index (χ4v) is 2.70. The van der Waals surface area contributed by atoms with Crippen LogP contribution in [0.4, 0.5) is 5.69 Å². The molecule has 2 rings (SSSR count).